The van der Waals surface area contributed by atoms with Crippen LogP contribution >= 0.6 is 0 Å². The highest BCUT2D eigenvalue weighted by Gasteiger charge is 2.56. The summed E-state index contributed by atoms with van der Waals surface area (Å²) in [5, 5.41) is 8.27. The third-order valence-corrected chi connectivity index (χ3v) is 3.75. The molecular weight excluding hydrogens is 294 g/mol. The smallest absolute Gasteiger partial charge is 0.240 e. The van der Waals surface area contributed by atoms with Crippen LogP contribution in [0.5, 0.6) is 0 Å². The minimum atomic E-state index is -0.925. The van der Waals surface area contributed by atoms with Gasteiger partial charge in [0, 0.05) is 24.8 Å². The summed E-state index contributed by atoms with van der Waals surface area (Å²) < 4.78 is 0. The van der Waals surface area contributed by atoms with Crippen molar-refractivity contribution in [3.05, 3.63) is 24.3 Å². The van der Waals surface area contributed by atoms with Crippen LogP contribution in [0.2, 0.25) is 0 Å². The van der Waals surface area contributed by atoms with Gasteiger partial charge in [-0.25, -0.2) is 0 Å². The molecule has 6 nitrogen and oxygen atoms in total. The van der Waals surface area contributed by atoms with Gasteiger partial charge in [-0.3, -0.25) is 14.4 Å². The average Bonchev–Trinajstić information content (AvgIpc) is 3.28. The molecule has 2 rings (SSSR count). The molecule has 1 aromatic carbocycles. The van der Waals surface area contributed by atoms with Crippen LogP contribution < -0.4 is 16.0 Å². The Kier molecular flexibility index (Phi) is 5.03. The molecule has 0 radical (unpaired) electrons. The van der Waals surface area contributed by atoms with E-state index in [1.807, 2.05) is 13.8 Å². The molecule has 0 saturated heterocycles. The molecule has 124 valence electrons. The summed E-state index contributed by atoms with van der Waals surface area (Å²) in [6, 6.07) is 6.81. The van der Waals surface area contributed by atoms with Gasteiger partial charge in [0.05, 0.1) is 0 Å². The predicted octanol–water partition coefficient (Wildman–Crippen LogP) is 2.14. The molecule has 6 heteroatoms. The Hall–Kier alpha value is -2.37. The summed E-state index contributed by atoms with van der Waals surface area (Å²) in [4.78, 5) is 35.6. The van der Waals surface area contributed by atoms with Crippen LogP contribution in [0.25, 0.3) is 0 Å². The molecule has 1 aliphatic carbocycles. The lowest BCUT2D eigenvalue weighted by Gasteiger charge is -2.16. The molecule has 1 saturated carbocycles. The molecule has 3 N–H and O–H groups in total. The van der Waals surface area contributed by atoms with E-state index in [9.17, 15) is 14.4 Å². The number of rotatable bonds is 6. The van der Waals surface area contributed by atoms with Gasteiger partial charge in [-0.2, -0.15) is 0 Å². The molecule has 0 atom stereocenters. The number of hydrogen-bond donors (Lipinski definition) is 3. The van der Waals surface area contributed by atoms with Crippen molar-refractivity contribution in [3.63, 3.8) is 0 Å². The van der Waals surface area contributed by atoms with Gasteiger partial charge in [0.25, 0.3) is 0 Å². The summed E-state index contributed by atoms with van der Waals surface area (Å²) in [6.45, 7) is 6.02. The first kappa shape index (κ1) is 17.0. The molecule has 0 spiro atoms. The fourth-order valence-corrected chi connectivity index (χ4v) is 2.24. The third-order valence-electron chi connectivity index (χ3n) is 3.75. The Morgan fingerprint density at radius 2 is 1.52 bits per heavy atom. The first-order valence-electron chi connectivity index (χ1n) is 7.81. The van der Waals surface area contributed by atoms with Gasteiger partial charge in [0.15, 0.2) is 0 Å². The highest BCUT2D eigenvalue weighted by Crippen LogP contribution is 2.46. The zero-order chi connectivity index (χ0) is 17.0. The van der Waals surface area contributed by atoms with Crippen molar-refractivity contribution in [1.82, 2.24) is 5.32 Å². The maximum atomic E-state index is 12.4. The maximum Gasteiger partial charge on any atom is 0.240 e. The number of anilines is 2. The third kappa shape index (κ3) is 4.31. The van der Waals surface area contributed by atoms with Crippen LogP contribution in [0.1, 0.15) is 33.6 Å². The second kappa shape index (κ2) is 6.81. The lowest BCUT2D eigenvalue weighted by molar-refractivity contribution is -0.134. The number of carbonyl (C=O) groups is 3. The quantitative estimate of drug-likeness (QED) is 0.702. The van der Waals surface area contributed by atoms with Crippen molar-refractivity contribution >= 4 is 29.1 Å². The van der Waals surface area contributed by atoms with E-state index in [1.54, 1.807) is 24.3 Å². The minimum absolute atomic E-state index is 0.152. The summed E-state index contributed by atoms with van der Waals surface area (Å²) in [5.41, 5.74) is 0.337. The lowest BCUT2D eigenvalue weighted by atomic mass is 10.0. The van der Waals surface area contributed by atoms with Gasteiger partial charge in [0.1, 0.15) is 5.41 Å². The number of carbonyl (C=O) groups excluding carboxylic acids is 3. The molecular formula is C17H23N3O3. The molecule has 23 heavy (non-hydrogen) atoms. The fourth-order valence-electron chi connectivity index (χ4n) is 2.24. The van der Waals surface area contributed by atoms with Crippen molar-refractivity contribution in [2.24, 2.45) is 11.3 Å². The zero-order valence-electron chi connectivity index (χ0n) is 13.7. The Balaban J connectivity index is 1.96. The molecule has 0 aromatic heterocycles. The highest BCUT2D eigenvalue weighted by atomic mass is 16.2. The van der Waals surface area contributed by atoms with Gasteiger partial charge < -0.3 is 16.0 Å². The van der Waals surface area contributed by atoms with Gasteiger partial charge >= 0.3 is 0 Å². The number of nitrogens with one attached hydrogen (secondary N) is 3. The van der Waals surface area contributed by atoms with E-state index in [1.165, 1.54) is 6.92 Å². The predicted molar refractivity (Wildman–Crippen MR) is 88.9 cm³/mol. The Labute approximate surface area is 136 Å². The van der Waals surface area contributed by atoms with E-state index in [0.717, 1.165) is 0 Å². The lowest BCUT2D eigenvalue weighted by Crippen LogP contribution is -2.41. The van der Waals surface area contributed by atoms with E-state index in [4.69, 9.17) is 0 Å². The molecule has 0 aliphatic heterocycles. The average molecular weight is 317 g/mol. The number of benzene rings is 1. The Morgan fingerprint density at radius 3 is 1.96 bits per heavy atom. The standard InChI is InChI=1S/C17H23N3O3/c1-11(2)10-18-15(22)17(8-9-17)16(23)20-14-6-4-13(5-7-14)19-12(3)21/h4-7,11H,8-10H2,1-3H3,(H,18,22)(H,19,21)(H,20,23). The van der Waals surface area contributed by atoms with E-state index < -0.39 is 5.41 Å². The largest absolute Gasteiger partial charge is 0.355 e. The van der Waals surface area contributed by atoms with Crippen molar-refractivity contribution in [2.75, 3.05) is 17.2 Å². The van der Waals surface area contributed by atoms with Crippen LogP contribution in [-0.2, 0) is 14.4 Å². The second-order valence-electron chi connectivity index (χ2n) is 6.40. The monoisotopic (exact) mass is 317 g/mol. The zero-order valence-corrected chi connectivity index (χ0v) is 13.7. The van der Waals surface area contributed by atoms with Gasteiger partial charge in [0.2, 0.25) is 17.7 Å². The second-order valence-corrected chi connectivity index (χ2v) is 6.40. The topological polar surface area (TPSA) is 87.3 Å². The highest BCUT2D eigenvalue weighted by molar-refractivity contribution is 6.13. The molecule has 1 aliphatic rings. The number of hydrogen-bond acceptors (Lipinski definition) is 3. The first-order chi connectivity index (χ1) is 10.8. The van der Waals surface area contributed by atoms with Crippen LogP contribution in [0.15, 0.2) is 24.3 Å². The Bertz CT molecular complexity index is 604. The van der Waals surface area contributed by atoms with E-state index in [2.05, 4.69) is 16.0 Å². The minimum Gasteiger partial charge on any atom is -0.355 e. The van der Waals surface area contributed by atoms with Crippen LogP contribution in [-0.4, -0.2) is 24.3 Å². The van der Waals surface area contributed by atoms with Crippen molar-refractivity contribution in [1.29, 1.82) is 0 Å². The van der Waals surface area contributed by atoms with Gasteiger partial charge in [-0.05, 0) is 43.0 Å². The number of amides is 3. The fraction of sp³-hybridized carbons (Fsp3) is 0.471. The molecule has 1 fully saturated rings. The molecule has 0 bridgehead atoms. The molecule has 1 aromatic rings. The first-order valence-corrected chi connectivity index (χ1v) is 7.81. The van der Waals surface area contributed by atoms with E-state index >= 15 is 0 Å². The van der Waals surface area contributed by atoms with Crippen LogP contribution in [0.4, 0.5) is 11.4 Å². The molecule has 3 amide bonds. The van der Waals surface area contributed by atoms with E-state index in [0.29, 0.717) is 36.7 Å². The van der Waals surface area contributed by atoms with E-state index in [-0.39, 0.29) is 17.7 Å². The van der Waals surface area contributed by atoms with Crippen molar-refractivity contribution in [2.45, 2.75) is 33.6 Å². The normalized spacial score (nSPS) is 15.0. The van der Waals surface area contributed by atoms with Crippen molar-refractivity contribution in [3.8, 4) is 0 Å². The van der Waals surface area contributed by atoms with Crippen molar-refractivity contribution < 1.29 is 14.4 Å². The van der Waals surface area contributed by atoms with Gasteiger partial charge in [-0.15, -0.1) is 0 Å². The molecule has 0 heterocycles. The van der Waals surface area contributed by atoms with Crippen LogP contribution in [0.3, 0.4) is 0 Å². The Morgan fingerprint density at radius 1 is 1.00 bits per heavy atom. The summed E-state index contributed by atoms with van der Waals surface area (Å²) in [5.74, 6) is -0.274. The van der Waals surface area contributed by atoms with Crippen LogP contribution in [0, 0.1) is 11.3 Å². The summed E-state index contributed by atoms with van der Waals surface area (Å²) in [7, 11) is 0. The summed E-state index contributed by atoms with van der Waals surface area (Å²) >= 11 is 0. The maximum absolute atomic E-state index is 12.4. The summed E-state index contributed by atoms with van der Waals surface area (Å²) in [6.07, 6.45) is 1.15. The molecule has 0 unspecified atom stereocenters. The SMILES string of the molecule is CC(=O)Nc1ccc(NC(=O)C2(C(=O)NCC(C)C)CC2)cc1. The van der Waals surface area contributed by atoms with Gasteiger partial charge in [-0.1, -0.05) is 13.8 Å².